The molecule has 0 saturated heterocycles. The van der Waals surface area contributed by atoms with E-state index in [0.29, 0.717) is 35.3 Å². The summed E-state index contributed by atoms with van der Waals surface area (Å²) < 4.78 is 36.5. The topological polar surface area (TPSA) is 84.9 Å². The monoisotopic (exact) mass is 382 g/mol. The van der Waals surface area contributed by atoms with Crippen molar-refractivity contribution in [1.82, 2.24) is 5.32 Å². The minimum Gasteiger partial charge on any atom is -0.486 e. The van der Waals surface area contributed by atoms with Gasteiger partial charge in [0.2, 0.25) is 10.0 Å². The van der Waals surface area contributed by atoms with Crippen LogP contribution >= 0.6 is 11.3 Å². The normalized spacial score (nSPS) is 13.3. The van der Waals surface area contributed by atoms with Crippen LogP contribution in [0.2, 0.25) is 0 Å². The number of ether oxygens (including phenoxy) is 2. The fourth-order valence-electron chi connectivity index (χ4n) is 2.44. The van der Waals surface area contributed by atoms with Crippen molar-refractivity contribution in [2.45, 2.75) is 0 Å². The molecule has 25 heavy (non-hydrogen) atoms. The largest absolute Gasteiger partial charge is 0.486 e. The van der Waals surface area contributed by atoms with Crippen molar-refractivity contribution in [2.75, 3.05) is 36.9 Å². The molecule has 134 valence electrons. The maximum absolute atomic E-state index is 12.1. The summed E-state index contributed by atoms with van der Waals surface area (Å²) in [6, 6.07) is 8.49. The number of fused-ring (bicyclic) bond motifs is 1. The van der Waals surface area contributed by atoms with E-state index in [4.69, 9.17) is 9.47 Å². The lowest BCUT2D eigenvalue weighted by Gasteiger charge is -2.25. The van der Waals surface area contributed by atoms with Gasteiger partial charge in [0.25, 0.3) is 5.91 Å². The molecule has 0 bridgehead atoms. The van der Waals surface area contributed by atoms with Crippen LogP contribution in [0.15, 0.2) is 35.7 Å². The molecule has 1 aliphatic heterocycles. The SMILES string of the molecule is CS(=O)(=O)N(CCNC(=O)c1cccs1)c1ccc2c(c1)OCCO2. The Morgan fingerprint density at radius 2 is 2.00 bits per heavy atom. The summed E-state index contributed by atoms with van der Waals surface area (Å²) in [5.74, 6) is 0.889. The van der Waals surface area contributed by atoms with Gasteiger partial charge in [-0.3, -0.25) is 9.10 Å². The van der Waals surface area contributed by atoms with Crippen LogP contribution in [-0.2, 0) is 10.0 Å². The average Bonchev–Trinajstić information content (AvgIpc) is 3.12. The standard InChI is InChI=1S/C16H18N2O5S2/c1-25(20,21)18(7-6-17-16(19)15-3-2-10-24-15)12-4-5-13-14(11-12)23-9-8-22-13/h2-5,10-11H,6-9H2,1H3,(H,17,19). The minimum absolute atomic E-state index is 0.121. The van der Waals surface area contributed by atoms with Gasteiger partial charge in [0.1, 0.15) is 13.2 Å². The number of amides is 1. The summed E-state index contributed by atoms with van der Waals surface area (Å²) in [6.45, 7) is 1.21. The Kier molecular flexibility index (Phi) is 5.14. The van der Waals surface area contributed by atoms with E-state index >= 15 is 0 Å². The van der Waals surface area contributed by atoms with E-state index in [1.165, 1.54) is 15.6 Å². The van der Waals surface area contributed by atoms with Crippen LogP contribution in [0, 0.1) is 0 Å². The number of hydrogen-bond donors (Lipinski definition) is 1. The van der Waals surface area contributed by atoms with Crippen molar-refractivity contribution in [2.24, 2.45) is 0 Å². The van der Waals surface area contributed by atoms with Gasteiger partial charge < -0.3 is 14.8 Å². The van der Waals surface area contributed by atoms with Gasteiger partial charge in [-0.2, -0.15) is 0 Å². The molecule has 7 nitrogen and oxygen atoms in total. The number of benzene rings is 1. The molecule has 9 heteroatoms. The van der Waals surface area contributed by atoms with Crippen LogP contribution in [0.4, 0.5) is 5.69 Å². The second-order valence-electron chi connectivity index (χ2n) is 5.40. The third kappa shape index (κ3) is 4.23. The first-order chi connectivity index (χ1) is 11.9. The molecule has 1 aliphatic rings. The molecule has 2 heterocycles. The predicted octanol–water partition coefficient (Wildman–Crippen LogP) is 1.72. The lowest BCUT2D eigenvalue weighted by molar-refractivity contribution is 0.0959. The molecular weight excluding hydrogens is 364 g/mol. The van der Waals surface area contributed by atoms with Gasteiger partial charge in [0.05, 0.1) is 23.4 Å². The molecule has 0 spiro atoms. The van der Waals surface area contributed by atoms with Crippen LogP contribution in [0.5, 0.6) is 11.5 Å². The molecule has 1 aromatic heterocycles. The van der Waals surface area contributed by atoms with E-state index in [0.717, 1.165) is 6.26 Å². The second kappa shape index (κ2) is 7.32. The number of carbonyl (C=O) groups is 1. The molecule has 0 atom stereocenters. The predicted molar refractivity (Wildman–Crippen MR) is 96.3 cm³/mol. The van der Waals surface area contributed by atoms with Gasteiger partial charge in [-0.25, -0.2) is 8.42 Å². The Bertz CT molecular complexity index is 849. The van der Waals surface area contributed by atoms with Crippen LogP contribution in [0.25, 0.3) is 0 Å². The summed E-state index contributed by atoms with van der Waals surface area (Å²) in [4.78, 5) is 12.5. The quantitative estimate of drug-likeness (QED) is 0.822. The number of nitrogens with one attached hydrogen (secondary N) is 1. The molecule has 0 aliphatic carbocycles. The van der Waals surface area contributed by atoms with Gasteiger partial charge >= 0.3 is 0 Å². The van der Waals surface area contributed by atoms with E-state index in [1.54, 1.807) is 30.3 Å². The lowest BCUT2D eigenvalue weighted by atomic mass is 10.2. The number of anilines is 1. The highest BCUT2D eigenvalue weighted by molar-refractivity contribution is 7.92. The van der Waals surface area contributed by atoms with Crippen LogP contribution in [-0.4, -0.2) is 46.9 Å². The minimum atomic E-state index is -3.51. The number of thiophene rings is 1. The number of rotatable bonds is 6. The highest BCUT2D eigenvalue weighted by Gasteiger charge is 2.21. The molecule has 3 rings (SSSR count). The van der Waals surface area contributed by atoms with E-state index in [9.17, 15) is 13.2 Å². The van der Waals surface area contributed by atoms with Crippen LogP contribution < -0.4 is 19.1 Å². The smallest absolute Gasteiger partial charge is 0.261 e. The second-order valence-corrected chi connectivity index (χ2v) is 8.25. The summed E-state index contributed by atoms with van der Waals surface area (Å²) in [7, 11) is -3.51. The van der Waals surface area contributed by atoms with E-state index in [-0.39, 0.29) is 19.0 Å². The molecule has 0 saturated carbocycles. The van der Waals surface area contributed by atoms with Crippen LogP contribution in [0.1, 0.15) is 9.67 Å². The van der Waals surface area contributed by atoms with Gasteiger partial charge in [0.15, 0.2) is 11.5 Å². The zero-order valence-electron chi connectivity index (χ0n) is 13.6. The van der Waals surface area contributed by atoms with Gasteiger partial charge in [-0.1, -0.05) is 6.07 Å². The summed E-state index contributed by atoms with van der Waals surface area (Å²) in [5.41, 5.74) is 0.470. The Balaban J connectivity index is 1.71. The third-order valence-electron chi connectivity index (χ3n) is 3.56. The molecule has 0 unspecified atom stereocenters. The van der Waals surface area contributed by atoms with Crippen LogP contribution in [0.3, 0.4) is 0 Å². The first kappa shape index (κ1) is 17.6. The molecule has 1 N–H and O–H groups in total. The van der Waals surface area contributed by atoms with Crippen molar-refractivity contribution < 1.29 is 22.7 Å². The fourth-order valence-corrected chi connectivity index (χ4v) is 4.00. The van der Waals surface area contributed by atoms with Crippen molar-refractivity contribution in [1.29, 1.82) is 0 Å². The average molecular weight is 382 g/mol. The third-order valence-corrected chi connectivity index (χ3v) is 5.62. The number of nitrogens with zero attached hydrogens (tertiary/aromatic N) is 1. The highest BCUT2D eigenvalue weighted by Crippen LogP contribution is 2.34. The van der Waals surface area contributed by atoms with Gasteiger partial charge in [-0.15, -0.1) is 11.3 Å². The molecular formula is C16H18N2O5S2. The van der Waals surface area contributed by atoms with Crippen molar-refractivity contribution in [3.8, 4) is 11.5 Å². The molecule has 0 radical (unpaired) electrons. The molecule has 1 aromatic carbocycles. The Hall–Kier alpha value is -2.26. The highest BCUT2D eigenvalue weighted by atomic mass is 32.2. The Labute approximate surface area is 150 Å². The Morgan fingerprint density at radius 1 is 1.24 bits per heavy atom. The number of carbonyl (C=O) groups excluding carboxylic acids is 1. The summed E-state index contributed by atoms with van der Waals surface area (Å²) >= 11 is 1.33. The number of hydrogen-bond acceptors (Lipinski definition) is 6. The van der Waals surface area contributed by atoms with E-state index in [2.05, 4.69) is 5.32 Å². The zero-order chi connectivity index (χ0) is 17.9. The first-order valence-corrected chi connectivity index (χ1v) is 10.4. The van der Waals surface area contributed by atoms with Crippen molar-refractivity contribution in [3.05, 3.63) is 40.6 Å². The zero-order valence-corrected chi connectivity index (χ0v) is 15.2. The maximum atomic E-state index is 12.1. The van der Waals surface area contributed by atoms with Gasteiger partial charge in [0, 0.05) is 12.6 Å². The summed E-state index contributed by atoms with van der Waals surface area (Å²) in [6.07, 6.45) is 1.13. The van der Waals surface area contributed by atoms with Crippen molar-refractivity contribution in [3.63, 3.8) is 0 Å². The van der Waals surface area contributed by atoms with E-state index in [1.807, 2.05) is 5.38 Å². The van der Waals surface area contributed by atoms with Gasteiger partial charge in [-0.05, 0) is 23.6 Å². The summed E-state index contributed by atoms with van der Waals surface area (Å²) in [5, 5.41) is 4.54. The Morgan fingerprint density at radius 3 is 2.68 bits per heavy atom. The molecule has 1 amide bonds. The first-order valence-electron chi connectivity index (χ1n) is 7.64. The van der Waals surface area contributed by atoms with E-state index < -0.39 is 10.0 Å². The maximum Gasteiger partial charge on any atom is 0.261 e. The molecule has 0 fully saturated rings. The number of sulfonamides is 1. The lowest BCUT2D eigenvalue weighted by Crippen LogP contribution is -2.38. The molecule has 2 aromatic rings. The van der Waals surface area contributed by atoms with Crippen molar-refractivity contribution >= 4 is 33.0 Å². The fraction of sp³-hybridized carbons (Fsp3) is 0.312.